The number of rotatable bonds is 3. The van der Waals surface area contributed by atoms with Crippen molar-refractivity contribution < 1.29 is 18.0 Å². The number of anilines is 1. The number of nitriles is 1. The normalized spacial score (nSPS) is 14.9. The number of likely N-dealkylation sites (tertiary alicyclic amines) is 1. The molecule has 1 aliphatic rings. The predicted octanol–water partition coefficient (Wildman–Crippen LogP) is 5.60. The number of aromatic amines is 1. The third-order valence-corrected chi connectivity index (χ3v) is 5.63. The van der Waals surface area contributed by atoms with Gasteiger partial charge in [-0.25, -0.2) is 0 Å². The highest BCUT2D eigenvalue weighted by molar-refractivity contribution is 6.33. The average Bonchev–Trinajstić information content (AvgIpc) is 3.15. The number of H-pyrrole nitrogens is 1. The maximum Gasteiger partial charge on any atom is 0.386 e. The summed E-state index contributed by atoms with van der Waals surface area (Å²) in [5, 5.41) is 20.8. The van der Waals surface area contributed by atoms with E-state index in [9.17, 15) is 18.0 Å². The summed E-state index contributed by atoms with van der Waals surface area (Å²) in [6.07, 6.45) is -2.29. The smallest absolute Gasteiger partial charge is 0.308 e. The van der Waals surface area contributed by atoms with E-state index in [0.29, 0.717) is 16.4 Å². The molecule has 4 rings (SSSR count). The third kappa shape index (κ3) is 6.70. The highest BCUT2D eigenvalue weighted by atomic mass is 35.5. The highest BCUT2D eigenvalue weighted by Crippen LogP contribution is 2.33. The van der Waals surface area contributed by atoms with Crippen LogP contribution in [0.3, 0.4) is 0 Å². The average molecular weight is 478 g/mol. The first-order valence-corrected chi connectivity index (χ1v) is 10.7. The van der Waals surface area contributed by atoms with Crippen molar-refractivity contribution in [2.45, 2.75) is 25.9 Å². The molecule has 0 bridgehead atoms. The van der Waals surface area contributed by atoms with Gasteiger partial charge in [0.25, 0.3) is 0 Å². The van der Waals surface area contributed by atoms with Crippen LogP contribution in [0.2, 0.25) is 5.02 Å². The SMILES string of the molecule is CC(F)(F)F.CN1CCC(C(=O)Nc2n[nH]c3ccc(-c4cc(C#N)ccc4Cl)cc23)CC1. The van der Waals surface area contributed by atoms with Crippen molar-refractivity contribution in [3.8, 4) is 17.2 Å². The van der Waals surface area contributed by atoms with Crippen LogP contribution >= 0.6 is 11.6 Å². The molecule has 2 N–H and O–H groups in total. The van der Waals surface area contributed by atoms with Crippen molar-refractivity contribution in [3.63, 3.8) is 0 Å². The van der Waals surface area contributed by atoms with E-state index in [4.69, 9.17) is 16.9 Å². The summed E-state index contributed by atoms with van der Waals surface area (Å²) in [4.78, 5) is 14.9. The Hall–Kier alpha value is -3.09. The first-order chi connectivity index (χ1) is 15.5. The number of piperidine rings is 1. The predicted molar refractivity (Wildman–Crippen MR) is 122 cm³/mol. The lowest BCUT2D eigenvalue weighted by atomic mass is 9.96. The maximum atomic E-state index is 12.7. The number of nitrogens with zero attached hydrogens (tertiary/aromatic N) is 3. The van der Waals surface area contributed by atoms with Crippen LogP contribution < -0.4 is 5.32 Å². The number of hydrogen-bond acceptors (Lipinski definition) is 4. The molecule has 0 aliphatic carbocycles. The van der Waals surface area contributed by atoms with Crippen LogP contribution in [0.15, 0.2) is 36.4 Å². The molecular formula is C23H23ClF3N5O. The molecule has 6 nitrogen and oxygen atoms in total. The second-order valence-corrected chi connectivity index (χ2v) is 8.39. The van der Waals surface area contributed by atoms with Crippen LogP contribution in [-0.4, -0.2) is 47.3 Å². The summed E-state index contributed by atoms with van der Waals surface area (Å²) in [6, 6.07) is 13.1. The summed E-state index contributed by atoms with van der Waals surface area (Å²) in [5.74, 6) is 0.539. The second kappa shape index (κ2) is 10.2. The van der Waals surface area contributed by atoms with Crippen molar-refractivity contribution >= 4 is 34.2 Å². The van der Waals surface area contributed by atoms with Gasteiger partial charge in [0, 0.05) is 28.8 Å². The number of alkyl halides is 3. The molecule has 33 heavy (non-hydrogen) atoms. The fourth-order valence-corrected chi connectivity index (χ4v) is 3.81. The second-order valence-electron chi connectivity index (χ2n) is 7.99. The van der Waals surface area contributed by atoms with E-state index in [2.05, 4.69) is 33.5 Å². The minimum atomic E-state index is -4.00. The molecule has 0 radical (unpaired) electrons. The Labute approximate surface area is 194 Å². The molecular weight excluding hydrogens is 455 g/mol. The quantitative estimate of drug-likeness (QED) is 0.514. The Morgan fingerprint density at radius 3 is 2.55 bits per heavy atom. The molecule has 1 fully saturated rings. The van der Waals surface area contributed by atoms with Gasteiger partial charge in [-0.2, -0.15) is 23.5 Å². The van der Waals surface area contributed by atoms with Gasteiger partial charge in [0.15, 0.2) is 5.82 Å². The molecule has 1 aromatic heterocycles. The van der Waals surface area contributed by atoms with Gasteiger partial charge in [-0.15, -0.1) is 0 Å². The highest BCUT2D eigenvalue weighted by Gasteiger charge is 2.24. The van der Waals surface area contributed by atoms with E-state index in [1.165, 1.54) is 0 Å². The van der Waals surface area contributed by atoms with E-state index in [0.717, 1.165) is 48.0 Å². The largest absolute Gasteiger partial charge is 0.386 e. The number of fused-ring (bicyclic) bond motifs is 1. The van der Waals surface area contributed by atoms with E-state index < -0.39 is 6.18 Å². The van der Waals surface area contributed by atoms with E-state index in [-0.39, 0.29) is 18.7 Å². The van der Waals surface area contributed by atoms with Crippen LogP contribution in [0.1, 0.15) is 25.3 Å². The number of aromatic nitrogens is 2. The number of carbonyl (C=O) groups excluding carboxylic acids is 1. The van der Waals surface area contributed by atoms with Crippen LogP contribution in [0.5, 0.6) is 0 Å². The molecule has 0 atom stereocenters. The van der Waals surface area contributed by atoms with E-state index in [1.807, 2.05) is 18.2 Å². The monoisotopic (exact) mass is 477 g/mol. The first-order valence-electron chi connectivity index (χ1n) is 10.3. The summed E-state index contributed by atoms with van der Waals surface area (Å²) < 4.78 is 31.1. The van der Waals surface area contributed by atoms with Gasteiger partial charge in [-0.3, -0.25) is 9.89 Å². The zero-order valence-electron chi connectivity index (χ0n) is 18.1. The molecule has 3 aromatic rings. The maximum absolute atomic E-state index is 12.7. The van der Waals surface area contributed by atoms with Gasteiger partial charge in [0.05, 0.1) is 17.1 Å². The molecule has 0 spiro atoms. The number of carbonyl (C=O) groups is 1. The molecule has 0 unspecified atom stereocenters. The Balaban J connectivity index is 0.000000555. The van der Waals surface area contributed by atoms with Gasteiger partial charge in [-0.05, 0) is 68.9 Å². The van der Waals surface area contributed by atoms with Crippen molar-refractivity contribution in [2.75, 3.05) is 25.5 Å². The lowest BCUT2D eigenvalue weighted by Gasteiger charge is -2.27. The number of halogens is 4. The molecule has 1 amide bonds. The van der Waals surface area contributed by atoms with E-state index in [1.54, 1.807) is 18.2 Å². The molecule has 2 heterocycles. The Morgan fingerprint density at radius 2 is 1.91 bits per heavy atom. The van der Waals surface area contributed by atoms with Crippen LogP contribution in [0.4, 0.5) is 19.0 Å². The van der Waals surface area contributed by atoms with Crippen molar-refractivity contribution in [2.24, 2.45) is 5.92 Å². The number of amides is 1. The number of nitrogens with one attached hydrogen (secondary N) is 2. The van der Waals surface area contributed by atoms with Crippen LogP contribution in [0, 0.1) is 17.2 Å². The number of benzene rings is 2. The fraction of sp³-hybridized carbons (Fsp3) is 0.348. The minimum absolute atomic E-state index is 0.00730. The number of hydrogen-bond donors (Lipinski definition) is 2. The lowest BCUT2D eigenvalue weighted by Crippen LogP contribution is -2.36. The molecule has 0 saturated carbocycles. The van der Waals surface area contributed by atoms with Gasteiger partial charge in [0.1, 0.15) is 0 Å². The first kappa shape index (κ1) is 24.6. The van der Waals surface area contributed by atoms with E-state index >= 15 is 0 Å². The Kier molecular flexibility index (Phi) is 7.61. The summed E-state index contributed by atoms with van der Waals surface area (Å²) >= 11 is 6.34. The van der Waals surface area contributed by atoms with Gasteiger partial charge >= 0.3 is 6.18 Å². The van der Waals surface area contributed by atoms with Gasteiger partial charge < -0.3 is 10.2 Å². The Morgan fingerprint density at radius 1 is 1.24 bits per heavy atom. The zero-order chi connectivity index (χ0) is 24.2. The molecule has 1 aliphatic heterocycles. The summed E-state index contributed by atoms with van der Waals surface area (Å²) in [6.45, 7) is 2.04. The summed E-state index contributed by atoms with van der Waals surface area (Å²) in [7, 11) is 2.07. The zero-order valence-corrected chi connectivity index (χ0v) is 18.9. The van der Waals surface area contributed by atoms with Crippen molar-refractivity contribution in [1.82, 2.24) is 15.1 Å². The third-order valence-electron chi connectivity index (χ3n) is 5.30. The molecule has 10 heteroatoms. The minimum Gasteiger partial charge on any atom is -0.308 e. The van der Waals surface area contributed by atoms with Crippen molar-refractivity contribution in [1.29, 1.82) is 5.26 Å². The standard InChI is InChI=1S/C21H20ClN5O.C2H3F3/c1-27-8-6-14(7-9-27)21(28)24-20-17-11-15(3-5-19(17)25-26-20)16-10-13(12-23)2-4-18(16)22;1-2(3,4)5/h2-5,10-11,14H,6-9H2,1H3,(H2,24,25,26,28);1H3. The van der Waals surface area contributed by atoms with Gasteiger partial charge in [0.2, 0.25) is 5.91 Å². The lowest BCUT2D eigenvalue weighted by molar-refractivity contribution is -0.121. The van der Waals surface area contributed by atoms with Crippen molar-refractivity contribution in [3.05, 3.63) is 47.0 Å². The molecule has 174 valence electrons. The molecule has 1 saturated heterocycles. The summed E-state index contributed by atoms with van der Waals surface area (Å²) in [5.41, 5.74) is 3.01. The fourth-order valence-electron chi connectivity index (χ4n) is 3.58. The Bertz CT molecular complexity index is 1170. The topological polar surface area (TPSA) is 84.8 Å². The molecule has 2 aromatic carbocycles. The van der Waals surface area contributed by atoms with Crippen LogP contribution in [-0.2, 0) is 4.79 Å². The van der Waals surface area contributed by atoms with Crippen LogP contribution in [0.25, 0.3) is 22.0 Å². The van der Waals surface area contributed by atoms with Gasteiger partial charge in [-0.1, -0.05) is 17.7 Å².